The number of anilines is 1. The molecule has 5 nitrogen and oxygen atoms in total. The second kappa shape index (κ2) is 8.32. The van der Waals surface area contributed by atoms with Crippen LogP contribution in [-0.2, 0) is 16.1 Å². The van der Waals surface area contributed by atoms with Crippen LogP contribution in [0.2, 0.25) is 0 Å². The average molecular weight is 370 g/mol. The summed E-state index contributed by atoms with van der Waals surface area (Å²) in [5.41, 5.74) is 2.40. The normalized spacial score (nSPS) is 23.9. The molecule has 1 atom stereocenters. The van der Waals surface area contributed by atoms with Crippen LogP contribution in [0.5, 0.6) is 0 Å². The van der Waals surface area contributed by atoms with E-state index < -0.39 is 0 Å². The Hall–Kier alpha value is -2.04. The van der Waals surface area contributed by atoms with E-state index in [9.17, 15) is 9.59 Å². The van der Waals surface area contributed by atoms with Gasteiger partial charge in [-0.25, -0.2) is 0 Å². The number of rotatable bonds is 5. The number of benzene rings is 1. The fraction of sp³-hybridized carbons (Fsp3) is 0.636. The zero-order valence-electron chi connectivity index (χ0n) is 16.2. The number of likely N-dealkylation sites (tertiary alicyclic amines) is 1. The van der Waals surface area contributed by atoms with Crippen molar-refractivity contribution in [3.8, 4) is 0 Å². The van der Waals surface area contributed by atoms with Crippen molar-refractivity contribution in [2.24, 2.45) is 5.92 Å². The number of carbonyl (C=O) groups is 2. The van der Waals surface area contributed by atoms with Gasteiger partial charge in [0.05, 0.1) is 5.92 Å². The van der Waals surface area contributed by atoms with Gasteiger partial charge in [-0.3, -0.25) is 9.59 Å². The molecule has 0 radical (unpaired) electrons. The summed E-state index contributed by atoms with van der Waals surface area (Å²) in [5, 5.41) is 3.12. The SMILES string of the molecule is O=C(NCc1cccc(N2CCCC2)c1)C1CCC(=O)N(C2CCCC2)C1. The molecule has 27 heavy (non-hydrogen) atoms. The van der Waals surface area contributed by atoms with E-state index in [4.69, 9.17) is 0 Å². The van der Waals surface area contributed by atoms with Crippen LogP contribution in [0.25, 0.3) is 0 Å². The van der Waals surface area contributed by atoms with Gasteiger partial charge in [0, 0.05) is 44.3 Å². The first kappa shape index (κ1) is 18.3. The highest BCUT2D eigenvalue weighted by atomic mass is 16.2. The predicted octanol–water partition coefficient (Wildman–Crippen LogP) is 3.08. The lowest BCUT2D eigenvalue weighted by Gasteiger charge is -2.36. The van der Waals surface area contributed by atoms with E-state index in [1.54, 1.807) is 0 Å². The molecule has 1 saturated carbocycles. The minimum absolute atomic E-state index is 0.0648. The van der Waals surface area contributed by atoms with Gasteiger partial charge in [0.1, 0.15) is 0 Å². The van der Waals surface area contributed by atoms with Crippen molar-refractivity contribution >= 4 is 17.5 Å². The molecule has 2 amide bonds. The van der Waals surface area contributed by atoms with Gasteiger partial charge in [-0.15, -0.1) is 0 Å². The Morgan fingerprint density at radius 2 is 1.85 bits per heavy atom. The summed E-state index contributed by atoms with van der Waals surface area (Å²) in [4.78, 5) is 29.4. The third-order valence-corrected chi connectivity index (χ3v) is 6.43. The third-order valence-electron chi connectivity index (χ3n) is 6.43. The maximum Gasteiger partial charge on any atom is 0.225 e. The van der Waals surface area contributed by atoms with Crippen molar-refractivity contribution in [3.63, 3.8) is 0 Å². The lowest BCUT2D eigenvalue weighted by Crippen LogP contribution is -2.49. The van der Waals surface area contributed by atoms with Gasteiger partial charge in [-0.05, 0) is 49.8 Å². The largest absolute Gasteiger partial charge is 0.372 e. The molecule has 0 aromatic heterocycles. The molecule has 2 aliphatic heterocycles. The van der Waals surface area contributed by atoms with E-state index in [1.165, 1.54) is 31.4 Å². The minimum Gasteiger partial charge on any atom is -0.372 e. The zero-order chi connectivity index (χ0) is 18.6. The number of hydrogen-bond acceptors (Lipinski definition) is 3. The molecule has 1 N–H and O–H groups in total. The summed E-state index contributed by atoms with van der Waals surface area (Å²) in [5.74, 6) is 0.270. The molecule has 4 rings (SSSR count). The monoisotopic (exact) mass is 369 g/mol. The van der Waals surface area contributed by atoms with E-state index >= 15 is 0 Å². The molecular formula is C22H31N3O2. The Kier molecular flexibility index (Phi) is 5.65. The van der Waals surface area contributed by atoms with Crippen molar-refractivity contribution in [1.29, 1.82) is 0 Å². The minimum atomic E-state index is -0.0648. The number of carbonyl (C=O) groups excluding carboxylic acids is 2. The van der Waals surface area contributed by atoms with Crippen molar-refractivity contribution in [1.82, 2.24) is 10.2 Å². The molecule has 0 spiro atoms. The Balaban J connectivity index is 1.32. The summed E-state index contributed by atoms with van der Waals surface area (Å²) >= 11 is 0. The number of piperidine rings is 1. The summed E-state index contributed by atoms with van der Waals surface area (Å²) in [7, 11) is 0. The van der Waals surface area contributed by atoms with E-state index in [2.05, 4.69) is 34.5 Å². The van der Waals surface area contributed by atoms with Crippen LogP contribution in [0.1, 0.15) is 56.9 Å². The van der Waals surface area contributed by atoms with Crippen molar-refractivity contribution in [2.75, 3.05) is 24.5 Å². The molecule has 1 aromatic carbocycles. The Morgan fingerprint density at radius 3 is 2.63 bits per heavy atom. The quantitative estimate of drug-likeness (QED) is 0.868. The molecule has 2 saturated heterocycles. The molecule has 5 heteroatoms. The van der Waals surface area contributed by atoms with Crippen LogP contribution >= 0.6 is 0 Å². The second-order valence-electron chi connectivity index (χ2n) is 8.30. The van der Waals surface area contributed by atoms with E-state index in [1.807, 2.05) is 4.90 Å². The summed E-state index contributed by atoms with van der Waals surface area (Å²) in [6.07, 6.45) is 8.34. The molecule has 0 bridgehead atoms. The van der Waals surface area contributed by atoms with Gasteiger partial charge in [0.2, 0.25) is 11.8 Å². The van der Waals surface area contributed by atoms with Crippen LogP contribution in [0, 0.1) is 5.92 Å². The highest BCUT2D eigenvalue weighted by molar-refractivity contribution is 5.84. The van der Waals surface area contributed by atoms with Crippen LogP contribution in [0.15, 0.2) is 24.3 Å². The fourth-order valence-electron chi connectivity index (χ4n) is 4.83. The molecule has 2 heterocycles. The van der Waals surface area contributed by atoms with Gasteiger partial charge in [-0.2, -0.15) is 0 Å². The van der Waals surface area contributed by atoms with Crippen LogP contribution in [0.3, 0.4) is 0 Å². The lowest BCUT2D eigenvalue weighted by molar-refractivity contribution is -0.140. The number of amides is 2. The maximum absolute atomic E-state index is 12.7. The standard InChI is InChI=1S/C22H31N3O2/c26-21-11-10-18(16-25(21)19-7-1-2-8-19)22(27)23-15-17-6-5-9-20(14-17)24-12-3-4-13-24/h5-6,9,14,18-19H,1-4,7-8,10-13,15-16H2,(H,23,27). The van der Waals surface area contributed by atoms with Crippen LogP contribution < -0.4 is 10.2 Å². The van der Waals surface area contributed by atoms with Gasteiger partial charge >= 0.3 is 0 Å². The van der Waals surface area contributed by atoms with Crippen LogP contribution in [0.4, 0.5) is 5.69 Å². The Morgan fingerprint density at radius 1 is 1.07 bits per heavy atom. The highest BCUT2D eigenvalue weighted by Crippen LogP contribution is 2.29. The second-order valence-corrected chi connectivity index (χ2v) is 8.30. The molecule has 3 fully saturated rings. The topological polar surface area (TPSA) is 52.7 Å². The van der Waals surface area contributed by atoms with E-state index in [0.29, 0.717) is 32.0 Å². The van der Waals surface area contributed by atoms with Crippen molar-refractivity contribution in [2.45, 2.75) is 64.0 Å². The summed E-state index contributed by atoms with van der Waals surface area (Å²) in [6, 6.07) is 8.87. The zero-order valence-corrected chi connectivity index (χ0v) is 16.2. The van der Waals surface area contributed by atoms with E-state index in [-0.39, 0.29) is 17.7 Å². The van der Waals surface area contributed by atoms with Crippen LogP contribution in [-0.4, -0.2) is 42.4 Å². The van der Waals surface area contributed by atoms with Crippen molar-refractivity contribution in [3.05, 3.63) is 29.8 Å². The first-order chi connectivity index (χ1) is 13.2. The molecular weight excluding hydrogens is 338 g/mol. The Bertz CT molecular complexity index is 678. The first-order valence-electron chi connectivity index (χ1n) is 10.6. The first-order valence-corrected chi connectivity index (χ1v) is 10.6. The predicted molar refractivity (Wildman–Crippen MR) is 106 cm³/mol. The molecule has 146 valence electrons. The molecule has 1 aromatic rings. The average Bonchev–Trinajstić information content (AvgIpc) is 3.40. The number of nitrogens with zero attached hydrogens (tertiary/aromatic N) is 2. The highest BCUT2D eigenvalue weighted by Gasteiger charge is 2.35. The molecule has 3 aliphatic rings. The summed E-state index contributed by atoms with van der Waals surface area (Å²) in [6.45, 7) is 3.42. The Labute approximate surface area is 162 Å². The fourth-order valence-corrected chi connectivity index (χ4v) is 4.83. The third kappa shape index (κ3) is 4.28. The number of hydrogen-bond donors (Lipinski definition) is 1. The summed E-state index contributed by atoms with van der Waals surface area (Å²) < 4.78 is 0. The molecule has 1 aliphatic carbocycles. The van der Waals surface area contributed by atoms with Gasteiger partial charge in [0.25, 0.3) is 0 Å². The smallest absolute Gasteiger partial charge is 0.225 e. The van der Waals surface area contributed by atoms with Gasteiger partial charge < -0.3 is 15.1 Å². The molecule has 1 unspecified atom stereocenters. The van der Waals surface area contributed by atoms with Crippen molar-refractivity contribution < 1.29 is 9.59 Å². The number of nitrogens with one attached hydrogen (secondary N) is 1. The van der Waals surface area contributed by atoms with Gasteiger partial charge in [-0.1, -0.05) is 25.0 Å². The van der Waals surface area contributed by atoms with Gasteiger partial charge in [0.15, 0.2) is 0 Å². The lowest BCUT2D eigenvalue weighted by atomic mass is 9.94. The van der Waals surface area contributed by atoms with E-state index in [0.717, 1.165) is 31.5 Å². The maximum atomic E-state index is 12.7.